The summed E-state index contributed by atoms with van der Waals surface area (Å²) in [6.07, 6.45) is 9.14. The molecule has 3 aliphatic rings. The Balaban J connectivity index is 1.18. The van der Waals surface area contributed by atoms with Gasteiger partial charge in [-0.2, -0.15) is 0 Å². The number of aryl methyl sites for hydroxylation is 2. The Morgan fingerprint density at radius 2 is 1.86 bits per heavy atom. The van der Waals surface area contributed by atoms with Crippen LogP contribution in [0.4, 0.5) is 0 Å². The van der Waals surface area contributed by atoms with E-state index in [2.05, 4.69) is 4.98 Å². The highest BCUT2D eigenvalue weighted by atomic mass is 35.5. The largest absolute Gasteiger partial charge is 0.486 e. The van der Waals surface area contributed by atoms with Crippen molar-refractivity contribution >= 4 is 23.2 Å². The molecule has 0 radical (unpaired) electrons. The molecule has 1 aromatic heterocycles. The van der Waals surface area contributed by atoms with Crippen molar-refractivity contribution in [1.82, 2.24) is 4.98 Å². The van der Waals surface area contributed by atoms with E-state index in [1.54, 1.807) is 24.5 Å². The first-order valence-electron chi connectivity index (χ1n) is 10.2. The van der Waals surface area contributed by atoms with Crippen LogP contribution in [0.1, 0.15) is 49.7 Å². The van der Waals surface area contributed by atoms with Gasteiger partial charge in [-0.1, -0.05) is 11.6 Å². The molecule has 0 unspecified atom stereocenters. The lowest BCUT2D eigenvalue weighted by molar-refractivity contribution is -0.208. The second-order valence-electron chi connectivity index (χ2n) is 8.86. The number of benzene rings is 1. The van der Waals surface area contributed by atoms with Crippen molar-refractivity contribution in [3.8, 4) is 5.75 Å². The number of pyridine rings is 1. The second kappa shape index (κ2) is 7.91. The predicted octanol–water partition coefficient (Wildman–Crippen LogP) is 5.14. The zero-order chi connectivity index (χ0) is 20.5. The van der Waals surface area contributed by atoms with E-state index in [1.165, 1.54) is 5.56 Å². The van der Waals surface area contributed by atoms with E-state index >= 15 is 0 Å². The number of rotatable bonds is 10. The highest BCUT2D eigenvalue weighted by Gasteiger charge is 2.70. The van der Waals surface area contributed by atoms with Crippen molar-refractivity contribution in [2.45, 2.75) is 51.9 Å². The lowest BCUT2D eigenvalue weighted by Crippen LogP contribution is -2.65. The molecule has 3 fully saturated rings. The first-order chi connectivity index (χ1) is 13.9. The number of carbonyl (C=O) groups excluding carboxylic acids is 2. The Bertz CT molecular complexity index is 905. The van der Waals surface area contributed by atoms with Crippen LogP contribution in [-0.4, -0.2) is 23.2 Å². The fraction of sp³-hybridized carbons (Fsp3) is 0.458. The summed E-state index contributed by atoms with van der Waals surface area (Å²) in [7, 11) is 0. The smallest absolute Gasteiger partial charge is 0.170 e. The summed E-state index contributed by atoms with van der Waals surface area (Å²) in [4.78, 5) is 29.0. The van der Waals surface area contributed by atoms with Gasteiger partial charge in [-0.15, -0.1) is 0 Å². The van der Waals surface area contributed by atoms with Gasteiger partial charge in [0, 0.05) is 35.7 Å². The number of ketones is 2. The van der Waals surface area contributed by atoms with Crippen LogP contribution in [0.3, 0.4) is 0 Å². The average Bonchev–Trinajstić information content (AvgIpc) is 2.65. The van der Waals surface area contributed by atoms with Gasteiger partial charge in [0.25, 0.3) is 0 Å². The molecule has 3 aliphatic carbocycles. The fourth-order valence-corrected chi connectivity index (χ4v) is 5.21. The number of Topliss-reactive ketones (excluding diaryl/α,β-unsaturated/α-hetero) is 2. The Kier molecular flexibility index (Phi) is 5.48. The fourth-order valence-electron chi connectivity index (χ4n) is 5.09. The van der Waals surface area contributed by atoms with Gasteiger partial charge in [-0.3, -0.25) is 14.6 Å². The monoisotopic (exact) mass is 411 g/mol. The molecule has 3 saturated carbocycles. The highest BCUT2D eigenvalue weighted by molar-refractivity contribution is 6.31. The van der Waals surface area contributed by atoms with Gasteiger partial charge in [-0.25, -0.2) is 0 Å². The van der Waals surface area contributed by atoms with Crippen LogP contribution >= 0.6 is 11.6 Å². The molecular weight excluding hydrogens is 386 g/mol. The summed E-state index contributed by atoms with van der Waals surface area (Å²) >= 11 is 6.01. The third-order valence-electron chi connectivity index (χ3n) is 6.45. The summed E-state index contributed by atoms with van der Waals surface area (Å²) in [5, 5.41) is 0.688. The average molecular weight is 412 g/mol. The predicted molar refractivity (Wildman–Crippen MR) is 112 cm³/mol. The molecule has 4 nitrogen and oxygen atoms in total. The van der Waals surface area contributed by atoms with E-state index < -0.39 is 0 Å². The van der Waals surface area contributed by atoms with Gasteiger partial charge in [-0.05, 0) is 85.9 Å². The van der Waals surface area contributed by atoms with Gasteiger partial charge < -0.3 is 4.74 Å². The van der Waals surface area contributed by atoms with Gasteiger partial charge in [0.05, 0.1) is 0 Å². The van der Waals surface area contributed by atoms with Gasteiger partial charge in [0.2, 0.25) is 0 Å². The first kappa shape index (κ1) is 20.1. The van der Waals surface area contributed by atoms with Gasteiger partial charge in [0.15, 0.2) is 5.78 Å². The molecular formula is C24H26ClNO3. The Labute approximate surface area is 176 Å². The Hall–Kier alpha value is -2.20. The molecule has 1 aromatic carbocycles. The molecule has 1 heterocycles. The quantitative estimate of drug-likeness (QED) is 0.543. The maximum atomic E-state index is 12.6. The van der Waals surface area contributed by atoms with Crippen LogP contribution in [0, 0.1) is 17.8 Å². The van der Waals surface area contributed by atoms with E-state index in [1.807, 2.05) is 25.1 Å². The lowest BCUT2D eigenvalue weighted by Gasteiger charge is -2.70. The molecule has 0 saturated heterocycles. The second-order valence-corrected chi connectivity index (χ2v) is 9.27. The first-order valence-corrected chi connectivity index (χ1v) is 10.6. The summed E-state index contributed by atoms with van der Waals surface area (Å²) in [5.74, 6) is 1.16. The molecule has 0 spiro atoms. The van der Waals surface area contributed by atoms with Gasteiger partial charge >= 0.3 is 0 Å². The third-order valence-corrected chi connectivity index (χ3v) is 6.88. The third kappa shape index (κ3) is 4.23. The summed E-state index contributed by atoms with van der Waals surface area (Å²) in [6.45, 7) is 1.99. The van der Waals surface area contributed by atoms with Crippen molar-refractivity contribution in [3.63, 3.8) is 0 Å². The number of ether oxygens (including phenoxy) is 1. The van der Waals surface area contributed by atoms with Crippen molar-refractivity contribution in [2.75, 3.05) is 6.61 Å². The Morgan fingerprint density at radius 1 is 1.14 bits per heavy atom. The summed E-state index contributed by atoms with van der Waals surface area (Å²) in [5.41, 5.74) is 2.08. The standard InChI is InChI=1S/C24H26ClNO3/c1-17-11-20(5-6-21(17)25)29-13-19(27)12-23-14-24(15-23,16-23)22(28)4-2-3-18-7-9-26-10-8-18/h5-11H,2-4,12-16H2,1H3. The van der Waals surface area contributed by atoms with Crippen LogP contribution in [-0.2, 0) is 16.0 Å². The number of carbonyl (C=O) groups is 2. The van der Waals surface area contributed by atoms with Crippen LogP contribution < -0.4 is 4.74 Å². The number of hydrogen-bond acceptors (Lipinski definition) is 4. The SMILES string of the molecule is Cc1cc(OCC(=O)CC23CC(C(=O)CCCc4ccncc4)(C2)C3)ccc1Cl. The van der Waals surface area contributed by atoms with E-state index in [9.17, 15) is 9.59 Å². The molecule has 2 aromatic rings. The normalized spacial score (nSPS) is 24.3. The molecule has 5 heteroatoms. The van der Waals surface area contributed by atoms with E-state index in [-0.39, 0.29) is 23.2 Å². The van der Waals surface area contributed by atoms with E-state index in [0.717, 1.165) is 37.7 Å². The minimum atomic E-state index is -0.132. The molecule has 0 amide bonds. The zero-order valence-electron chi connectivity index (χ0n) is 16.7. The van der Waals surface area contributed by atoms with Crippen molar-refractivity contribution in [3.05, 3.63) is 58.9 Å². The minimum absolute atomic E-state index is 0.0527. The van der Waals surface area contributed by atoms with E-state index in [4.69, 9.17) is 16.3 Å². The number of aromatic nitrogens is 1. The van der Waals surface area contributed by atoms with Crippen LogP contribution in [0.15, 0.2) is 42.7 Å². The van der Waals surface area contributed by atoms with Crippen molar-refractivity contribution in [2.24, 2.45) is 10.8 Å². The van der Waals surface area contributed by atoms with Crippen molar-refractivity contribution in [1.29, 1.82) is 0 Å². The van der Waals surface area contributed by atoms with Crippen molar-refractivity contribution < 1.29 is 14.3 Å². The molecule has 5 rings (SSSR count). The maximum Gasteiger partial charge on any atom is 0.170 e. The molecule has 29 heavy (non-hydrogen) atoms. The maximum absolute atomic E-state index is 12.6. The van der Waals surface area contributed by atoms with Crippen LogP contribution in [0.2, 0.25) is 5.02 Å². The molecule has 0 N–H and O–H groups in total. The highest BCUT2D eigenvalue weighted by Crippen LogP contribution is 2.75. The summed E-state index contributed by atoms with van der Waals surface area (Å²) in [6, 6.07) is 9.40. The number of hydrogen-bond donors (Lipinski definition) is 0. The number of halogens is 1. The molecule has 2 bridgehead atoms. The lowest BCUT2D eigenvalue weighted by atomic mass is 9.33. The van der Waals surface area contributed by atoms with Crippen LogP contribution in [0.25, 0.3) is 0 Å². The summed E-state index contributed by atoms with van der Waals surface area (Å²) < 4.78 is 5.62. The Morgan fingerprint density at radius 3 is 2.55 bits per heavy atom. The van der Waals surface area contributed by atoms with Crippen LogP contribution in [0.5, 0.6) is 5.75 Å². The zero-order valence-corrected chi connectivity index (χ0v) is 17.5. The molecule has 152 valence electrons. The van der Waals surface area contributed by atoms with Gasteiger partial charge in [0.1, 0.15) is 18.1 Å². The minimum Gasteiger partial charge on any atom is -0.486 e. The molecule has 0 atom stereocenters. The van der Waals surface area contributed by atoms with E-state index in [0.29, 0.717) is 29.4 Å². The molecule has 0 aliphatic heterocycles. The topological polar surface area (TPSA) is 56.3 Å². The number of nitrogens with zero attached hydrogens (tertiary/aromatic N) is 1.